The Balaban J connectivity index is 1.84. The lowest BCUT2D eigenvalue weighted by molar-refractivity contribution is 0.0945. The van der Waals surface area contributed by atoms with E-state index in [1.165, 1.54) is 4.88 Å². The molecule has 2 rings (SSSR count). The molecule has 0 aliphatic rings. The molecule has 0 saturated heterocycles. The number of halogens is 1. The molecular weight excluding hydrogens is 282 g/mol. The van der Waals surface area contributed by atoms with Crippen molar-refractivity contribution in [3.63, 3.8) is 0 Å². The predicted molar refractivity (Wildman–Crippen MR) is 78.5 cm³/mol. The summed E-state index contributed by atoms with van der Waals surface area (Å²) in [4.78, 5) is 3.43. The second-order valence-electron chi connectivity index (χ2n) is 4.42. The van der Waals surface area contributed by atoms with Crippen LogP contribution in [0.4, 0.5) is 0 Å². The first-order valence-corrected chi connectivity index (χ1v) is 7.49. The number of aromatic nitrogens is 2. The SMILES string of the molecule is CCN(Cc1ccc(Cl)s1)C[C@@H](O)Cn1cccn1. The van der Waals surface area contributed by atoms with Gasteiger partial charge >= 0.3 is 0 Å². The molecule has 0 fully saturated rings. The van der Waals surface area contributed by atoms with Crippen LogP contribution in [-0.4, -0.2) is 39.0 Å². The number of rotatable bonds is 7. The van der Waals surface area contributed by atoms with Crippen molar-refractivity contribution in [2.24, 2.45) is 0 Å². The predicted octanol–water partition coefficient (Wildman–Crippen LogP) is 2.48. The van der Waals surface area contributed by atoms with Gasteiger partial charge in [0.05, 0.1) is 17.0 Å². The fourth-order valence-electron chi connectivity index (χ4n) is 1.94. The zero-order chi connectivity index (χ0) is 13.7. The Morgan fingerprint density at radius 1 is 1.53 bits per heavy atom. The minimum atomic E-state index is -0.421. The Morgan fingerprint density at radius 3 is 2.95 bits per heavy atom. The summed E-state index contributed by atoms with van der Waals surface area (Å²) in [5.74, 6) is 0. The van der Waals surface area contributed by atoms with E-state index >= 15 is 0 Å². The molecule has 0 aromatic carbocycles. The summed E-state index contributed by atoms with van der Waals surface area (Å²) in [5, 5.41) is 14.2. The normalized spacial score (nSPS) is 13.1. The molecule has 2 heterocycles. The van der Waals surface area contributed by atoms with E-state index in [9.17, 15) is 5.11 Å². The Kier molecular flexibility index (Phi) is 5.39. The van der Waals surface area contributed by atoms with E-state index in [4.69, 9.17) is 11.6 Å². The minimum Gasteiger partial charge on any atom is -0.390 e. The third-order valence-electron chi connectivity index (χ3n) is 2.88. The summed E-state index contributed by atoms with van der Waals surface area (Å²) < 4.78 is 2.56. The highest BCUT2D eigenvalue weighted by Gasteiger charge is 2.12. The largest absolute Gasteiger partial charge is 0.390 e. The number of aliphatic hydroxyl groups is 1. The Hall–Kier alpha value is -0.880. The highest BCUT2D eigenvalue weighted by atomic mass is 35.5. The van der Waals surface area contributed by atoms with Crippen LogP contribution < -0.4 is 0 Å². The van der Waals surface area contributed by atoms with Crippen molar-refractivity contribution in [3.8, 4) is 0 Å². The number of likely N-dealkylation sites (N-methyl/N-ethyl adjacent to an activating group) is 1. The molecule has 0 saturated carbocycles. The maximum absolute atomic E-state index is 10.1. The fourth-order valence-corrected chi connectivity index (χ4v) is 3.07. The third-order valence-corrected chi connectivity index (χ3v) is 4.10. The van der Waals surface area contributed by atoms with Crippen molar-refractivity contribution in [2.45, 2.75) is 26.1 Å². The summed E-state index contributed by atoms with van der Waals surface area (Å²) in [6, 6.07) is 5.81. The molecule has 6 heteroatoms. The van der Waals surface area contributed by atoms with Gasteiger partial charge in [0.2, 0.25) is 0 Å². The van der Waals surface area contributed by atoms with Crippen molar-refractivity contribution >= 4 is 22.9 Å². The number of thiophene rings is 1. The first kappa shape index (κ1) is 14.5. The number of hydrogen-bond donors (Lipinski definition) is 1. The average molecular weight is 300 g/mol. The van der Waals surface area contributed by atoms with Crippen molar-refractivity contribution in [2.75, 3.05) is 13.1 Å². The molecule has 104 valence electrons. The lowest BCUT2D eigenvalue weighted by Crippen LogP contribution is -2.34. The summed E-state index contributed by atoms with van der Waals surface area (Å²) >= 11 is 7.52. The van der Waals surface area contributed by atoms with E-state index < -0.39 is 6.10 Å². The monoisotopic (exact) mass is 299 g/mol. The van der Waals surface area contributed by atoms with E-state index in [0.29, 0.717) is 13.1 Å². The molecule has 4 nitrogen and oxygen atoms in total. The van der Waals surface area contributed by atoms with Gasteiger partial charge in [0.1, 0.15) is 0 Å². The van der Waals surface area contributed by atoms with Crippen LogP contribution in [0.2, 0.25) is 4.34 Å². The van der Waals surface area contributed by atoms with Gasteiger partial charge in [0.25, 0.3) is 0 Å². The van der Waals surface area contributed by atoms with Crippen LogP contribution in [0.15, 0.2) is 30.6 Å². The molecular formula is C13H18ClN3OS. The van der Waals surface area contributed by atoms with E-state index in [2.05, 4.69) is 16.9 Å². The number of aliphatic hydroxyl groups excluding tert-OH is 1. The summed E-state index contributed by atoms with van der Waals surface area (Å²) in [6.07, 6.45) is 3.16. The van der Waals surface area contributed by atoms with Gasteiger partial charge in [-0.25, -0.2) is 0 Å². The van der Waals surface area contributed by atoms with Gasteiger partial charge in [0.15, 0.2) is 0 Å². The fraction of sp³-hybridized carbons (Fsp3) is 0.462. The van der Waals surface area contributed by atoms with Gasteiger partial charge in [0, 0.05) is 30.4 Å². The molecule has 2 aromatic rings. The molecule has 0 bridgehead atoms. The zero-order valence-electron chi connectivity index (χ0n) is 10.9. The highest BCUT2D eigenvalue weighted by molar-refractivity contribution is 7.16. The Labute approximate surface area is 122 Å². The smallest absolute Gasteiger partial charge is 0.0931 e. The molecule has 0 amide bonds. The van der Waals surface area contributed by atoms with Crippen molar-refractivity contribution in [3.05, 3.63) is 39.8 Å². The molecule has 0 aliphatic heterocycles. The minimum absolute atomic E-state index is 0.421. The van der Waals surface area contributed by atoms with Crippen LogP contribution >= 0.6 is 22.9 Å². The summed E-state index contributed by atoms with van der Waals surface area (Å²) in [5.41, 5.74) is 0. The van der Waals surface area contributed by atoms with Crippen LogP contribution in [0.3, 0.4) is 0 Å². The van der Waals surface area contributed by atoms with Gasteiger partial charge in [-0.05, 0) is 24.7 Å². The molecule has 0 unspecified atom stereocenters. The zero-order valence-corrected chi connectivity index (χ0v) is 12.4. The van der Waals surface area contributed by atoms with Gasteiger partial charge in [-0.3, -0.25) is 9.58 Å². The third kappa shape index (κ3) is 4.62. The van der Waals surface area contributed by atoms with Crippen LogP contribution in [0.5, 0.6) is 0 Å². The standard InChI is InChI=1S/C13H18ClN3OS/c1-2-16(10-12-4-5-13(14)19-12)8-11(18)9-17-7-3-6-15-17/h3-7,11,18H,2,8-10H2,1H3/t11-/m1/s1. The molecule has 2 aromatic heterocycles. The summed E-state index contributed by atoms with van der Waals surface area (Å²) in [6.45, 7) is 4.96. The van der Waals surface area contributed by atoms with Gasteiger partial charge < -0.3 is 5.11 Å². The lowest BCUT2D eigenvalue weighted by Gasteiger charge is -2.23. The van der Waals surface area contributed by atoms with Gasteiger partial charge in [-0.2, -0.15) is 5.10 Å². The van der Waals surface area contributed by atoms with E-state index in [-0.39, 0.29) is 0 Å². The second-order valence-corrected chi connectivity index (χ2v) is 6.22. The molecule has 1 N–H and O–H groups in total. The maximum Gasteiger partial charge on any atom is 0.0931 e. The quantitative estimate of drug-likeness (QED) is 0.854. The van der Waals surface area contributed by atoms with E-state index in [0.717, 1.165) is 17.4 Å². The lowest BCUT2D eigenvalue weighted by atomic mass is 10.3. The summed E-state index contributed by atoms with van der Waals surface area (Å²) in [7, 11) is 0. The Morgan fingerprint density at radius 2 is 2.37 bits per heavy atom. The molecule has 0 aliphatic carbocycles. The van der Waals surface area contributed by atoms with Gasteiger partial charge in [-0.15, -0.1) is 11.3 Å². The van der Waals surface area contributed by atoms with E-state index in [1.54, 1.807) is 22.2 Å². The first-order chi connectivity index (χ1) is 9.17. The molecule has 1 atom stereocenters. The average Bonchev–Trinajstić information content (AvgIpc) is 3.00. The maximum atomic E-state index is 10.1. The van der Waals surface area contributed by atoms with Crippen molar-refractivity contribution in [1.82, 2.24) is 14.7 Å². The van der Waals surface area contributed by atoms with Crippen LogP contribution in [-0.2, 0) is 13.1 Å². The number of nitrogens with zero attached hydrogens (tertiary/aromatic N) is 3. The van der Waals surface area contributed by atoms with Crippen LogP contribution in [0, 0.1) is 0 Å². The Bertz CT molecular complexity index is 486. The molecule has 0 spiro atoms. The first-order valence-electron chi connectivity index (χ1n) is 6.29. The van der Waals surface area contributed by atoms with E-state index in [1.807, 2.05) is 24.4 Å². The molecule has 19 heavy (non-hydrogen) atoms. The van der Waals surface area contributed by atoms with Crippen molar-refractivity contribution in [1.29, 1.82) is 0 Å². The van der Waals surface area contributed by atoms with Crippen LogP contribution in [0.1, 0.15) is 11.8 Å². The second kappa shape index (κ2) is 7.05. The molecule has 0 radical (unpaired) electrons. The topological polar surface area (TPSA) is 41.3 Å². The van der Waals surface area contributed by atoms with Gasteiger partial charge in [-0.1, -0.05) is 18.5 Å². The number of hydrogen-bond acceptors (Lipinski definition) is 4. The highest BCUT2D eigenvalue weighted by Crippen LogP contribution is 2.22. The van der Waals surface area contributed by atoms with Crippen LogP contribution in [0.25, 0.3) is 0 Å². The van der Waals surface area contributed by atoms with Crippen molar-refractivity contribution < 1.29 is 5.11 Å².